The Bertz CT molecular complexity index is 939. The fourth-order valence-corrected chi connectivity index (χ4v) is 3.74. The Labute approximate surface area is 176 Å². The lowest BCUT2D eigenvalue weighted by Crippen LogP contribution is -2.66. The second-order valence-corrected chi connectivity index (χ2v) is 6.61. The van der Waals surface area contributed by atoms with Gasteiger partial charge in [0.05, 0.1) is 17.6 Å². The predicted octanol–water partition coefficient (Wildman–Crippen LogP) is 4.22. The van der Waals surface area contributed by atoms with Gasteiger partial charge in [-0.05, 0) is 5.56 Å². The van der Waals surface area contributed by atoms with Gasteiger partial charge in [-0.25, -0.2) is 0 Å². The van der Waals surface area contributed by atoms with E-state index in [1.807, 2.05) is 72.8 Å². The van der Waals surface area contributed by atoms with E-state index in [-0.39, 0.29) is 0 Å². The summed E-state index contributed by atoms with van der Waals surface area (Å²) in [4.78, 5) is 0. The SMILES string of the molecule is COC1(OC)OC(c2ccccc2)=C(C#N)C(C=Cc2ccccc2)C1(OC)OC. The van der Waals surface area contributed by atoms with Crippen molar-refractivity contribution in [2.45, 2.75) is 11.8 Å². The van der Waals surface area contributed by atoms with Crippen LogP contribution in [0.1, 0.15) is 11.1 Å². The van der Waals surface area contributed by atoms with Crippen molar-refractivity contribution in [2.75, 3.05) is 28.4 Å². The molecule has 0 aromatic heterocycles. The summed E-state index contributed by atoms with van der Waals surface area (Å²) >= 11 is 0. The third-order valence-electron chi connectivity index (χ3n) is 5.21. The molecule has 0 aliphatic carbocycles. The minimum atomic E-state index is -1.76. The molecule has 0 saturated carbocycles. The Kier molecular flexibility index (Phi) is 6.70. The Morgan fingerprint density at radius 3 is 1.93 bits per heavy atom. The van der Waals surface area contributed by atoms with Crippen LogP contribution in [0.25, 0.3) is 11.8 Å². The summed E-state index contributed by atoms with van der Waals surface area (Å²) in [7, 11) is 5.81. The van der Waals surface area contributed by atoms with Crippen LogP contribution in [0.15, 0.2) is 72.3 Å². The second kappa shape index (κ2) is 9.24. The number of rotatable bonds is 7. The highest BCUT2D eigenvalue weighted by molar-refractivity contribution is 5.70. The van der Waals surface area contributed by atoms with Crippen LogP contribution >= 0.6 is 0 Å². The van der Waals surface area contributed by atoms with E-state index in [0.29, 0.717) is 16.9 Å². The van der Waals surface area contributed by atoms with Crippen molar-refractivity contribution in [1.82, 2.24) is 0 Å². The summed E-state index contributed by atoms with van der Waals surface area (Å²) < 4.78 is 29.2. The molecule has 0 N–H and O–H groups in total. The maximum absolute atomic E-state index is 10.1. The number of hydrogen-bond donors (Lipinski definition) is 0. The Morgan fingerprint density at radius 1 is 0.867 bits per heavy atom. The van der Waals surface area contributed by atoms with E-state index in [2.05, 4.69) is 6.07 Å². The van der Waals surface area contributed by atoms with E-state index >= 15 is 0 Å². The lowest BCUT2D eigenvalue weighted by atomic mass is 9.83. The van der Waals surface area contributed by atoms with E-state index in [1.165, 1.54) is 28.4 Å². The van der Waals surface area contributed by atoms with Crippen LogP contribution in [-0.2, 0) is 23.7 Å². The molecule has 2 aromatic rings. The maximum Gasteiger partial charge on any atom is 0.385 e. The molecule has 30 heavy (non-hydrogen) atoms. The van der Waals surface area contributed by atoms with E-state index in [0.717, 1.165) is 5.56 Å². The average Bonchev–Trinajstić information content (AvgIpc) is 2.82. The van der Waals surface area contributed by atoms with Crippen molar-refractivity contribution in [3.8, 4) is 6.07 Å². The first-order chi connectivity index (χ1) is 14.6. The molecule has 6 heteroatoms. The summed E-state index contributed by atoms with van der Waals surface area (Å²) in [6, 6.07) is 21.4. The molecule has 1 unspecified atom stereocenters. The first-order valence-corrected chi connectivity index (χ1v) is 9.44. The van der Waals surface area contributed by atoms with Gasteiger partial charge in [0.2, 0.25) is 0 Å². The summed E-state index contributed by atoms with van der Waals surface area (Å²) in [5.41, 5.74) is 2.01. The van der Waals surface area contributed by atoms with Gasteiger partial charge in [-0.2, -0.15) is 5.26 Å². The molecular formula is C24H25NO5. The number of benzene rings is 2. The monoisotopic (exact) mass is 407 g/mol. The standard InChI is InChI=1S/C24H25NO5/c1-26-23(27-2)21(16-15-18-11-7-5-8-12-18)20(17-25)22(19-13-9-6-10-14-19)30-24(23,28-3)29-4/h5-16,21H,1-4H3. The quantitative estimate of drug-likeness (QED) is 0.640. The van der Waals surface area contributed by atoms with Crippen LogP contribution in [0.2, 0.25) is 0 Å². The van der Waals surface area contributed by atoms with Gasteiger partial charge in [0.1, 0.15) is 5.76 Å². The predicted molar refractivity (Wildman–Crippen MR) is 113 cm³/mol. The van der Waals surface area contributed by atoms with Crippen molar-refractivity contribution in [2.24, 2.45) is 5.92 Å². The molecule has 156 valence electrons. The molecule has 1 aliphatic rings. The zero-order valence-corrected chi connectivity index (χ0v) is 17.5. The minimum Gasteiger partial charge on any atom is -0.433 e. The molecule has 0 amide bonds. The van der Waals surface area contributed by atoms with Crippen LogP contribution in [0.5, 0.6) is 0 Å². The molecule has 2 aromatic carbocycles. The average molecular weight is 407 g/mol. The Balaban J connectivity index is 2.27. The maximum atomic E-state index is 10.1. The largest absolute Gasteiger partial charge is 0.433 e. The normalized spacial score (nSPS) is 20.0. The van der Waals surface area contributed by atoms with Crippen LogP contribution in [0, 0.1) is 17.2 Å². The van der Waals surface area contributed by atoms with Crippen molar-refractivity contribution in [1.29, 1.82) is 5.26 Å². The highest BCUT2D eigenvalue weighted by Gasteiger charge is 2.66. The lowest BCUT2D eigenvalue weighted by molar-refractivity contribution is -0.476. The van der Waals surface area contributed by atoms with Crippen molar-refractivity contribution in [3.63, 3.8) is 0 Å². The number of ether oxygens (including phenoxy) is 5. The minimum absolute atomic E-state index is 0.335. The van der Waals surface area contributed by atoms with Gasteiger partial charge in [-0.1, -0.05) is 72.8 Å². The van der Waals surface area contributed by atoms with Gasteiger partial charge in [-0.15, -0.1) is 0 Å². The van der Waals surface area contributed by atoms with Crippen LogP contribution < -0.4 is 0 Å². The lowest BCUT2D eigenvalue weighted by Gasteiger charge is -2.50. The number of methoxy groups -OCH3 is 4. The third kappa shape index (κ3) is 3.53. The van der Waals surface area contributed by atoms with E-state index < -0.39 is 17.7 Å². The number of nitriles is 1. The molecular weight excluding hydrogens is 382 g/mol. The fourth-order valence-electron chi connectivity index (χ4n) is 3.74. The smallest absolute Gasteiger partial charge is 0.385 e. The molecule has 1 heterocycles. The third-order valence-corrected chi connectivity index (χ3v) is 5.21. The Hall–Kier alpha value is -2.95. The topological polar surface area (TPSA) is 69.9 Å². The summed E-state index contributed by atoms with van der Waals surface area (Å²) in [5.74, 6) is -3.69. The summed E-state index contributed by atoms with van der Waals surface area (Å²) in [6.45, 7) is 0. The van der Waals surface area contributed by atoms with Gasteiger partial charge in [0.25, 0.3) is 5.79 Å². The second-order valence-electron chi connectivity index (χ2n) is 6.61. The molecule has 3 rings (SSSR count). The molecule has 1 aliphatic heterocycles. The number of hydrogen-bond acceptors (Lipinski definition) is 6. The van der Waals surface area contributed by atoms with Gasteiger partial charge in [0.15, 0.2) is 0 Å². The van der Waals surface area contributed by atoms with Gasteiger partial charge in [0, 0.05) is 34.0 Å². The van der Waals surface area contributed by atoms with Gasteiger partial charge in [-0.3, -0.25) is 0 Å². The van der Waals surface area contributed by atoms with Crippen molar-refractivity contribution < 1.29 is 23.7 Å². The van der Waals surface area contributed by atoms with Gasteiger partial charge >= 0.3 is 5.97 Å². The first-order valence-electron chi connectivity index (χ1n) is 9.44. The van der Waals surface area contributed by atoms with Crippen molar-refractivity contribution in [3.05, 3.63) is 83.4 Å². The molecule has 0 spiro atoms. The van der Waals surface area contributed by atoms with E-state index in [1.54, 1.807) is 0 Å². The number of nitrogens with zero attached hydrogens (tertiary/aromatic N) is 1. The summed E-state index contributed by atoms with van der Waals surface area (Å²) in [5, 5.41) is 10.1. The molecule has 0 saturated heterocycles. The summed E-state index contributed by atoms with van der Waals surface area (Å²) in [6.07, 6.45) is 3.75. The van der Waals surface area contributed by atoms with Gasteiger partial charge < -0.3 is 23.7 Å². The highest BCUT2D eigenvalue weighted by Crippen LogP contribution is 2.50. The molecule has 0 fully saturated rings. The molecule has 6 nitrogen and oxygen atoms in total. The first kappa shape index (κ1) is 21.8. The zero-order valence-electron chi connectivity index (χ0n) is 17.5. The van der Waals surface area contributed by atoms with Crippen LogP contribution in [-0.4, -0.2) is 40.2 Å². The molecule has 1 atom stereocenters. The zero-order chi connectivity index (χ0) is 21.6. The van der Waals surface area contributed by atoms with Crippen molar-refractivity contribution >= 4 is 11.8 Å². The molecule has 0 radical (unpaired) electrons. The fraction of sp³-hybridized carbons (Fsp3) is 0.292. The van der Waals surface area contributed by atoms with E-state index in [4.69, 9.17) is 23.7 Å². The van der Waals surface area contributed by atoms with E-state index in [9.17, 15) is 5.26 Å². The molecule has 0 bridgehead atoms. The Morgan fingerprint density at radius 2 is 1.43 bits per heavy atom. The van der Waals surface area contributed by atoms with Crippen LogP contribution in [0.4, 0.5) is 0 Å². The highest BCUT2D eigenvalue weighted by atomic mass is 16.9. The van der Waals surface area contributed by atoms with Crippen LogP contribution in [0.3, 0.4) is 0 Å².